The zero-order valence-corrected chi connectivity index (χ0v) is 11.1. The van der Waals surface area contributed by atoms with E-state index in [-0.39, 0.29) is 6.54 Å². The van der Waals surface area contributed by atoms with Gasteiger partial charge in [-0.1, -0.05) is 30.1 Å². The van der Waals surface area contributed by atoms with Crippen molar-refractivity contribution in [1.82, 2.24) is 4.90 Å². The van der Waals surface area contributed by atoms with Crippen molar-refractivity contribution >= 4 is 29.2 Å². The molecule has 0 atom stereocenters. The van der Waals surface area contributed by atoms with Gasteiger partial charge < -0.3 is 5.11 Å². The van der Waals surface area contributed by atoms with Gasteiger partial charge in [-0.15, -0.1) is 0 Å². The first-order chi connectivity index (χ1) is 8.01. The quantitative estimate of drug-likeness (QED) is 0.866. The van der Waals surface area contributed by atoms with Crippen molar-refractivity contribution < 1.29 is 9.90 Å². The molecule has 0 aromatic heterocycles. The molecule has 1 aromatic rings. The van der Waals surface area contributed by atoms with Gasteiger partial charge in [0, 0.05) is 16.6 Å². The van der Waals surface area contributed by atoms with E-state index >= 15 is 0 Å². The third-order valence-electron chi connectivity index (χ3n) is 2.23. The Labute approximate surface area is 111 Å². The molecule has 17 heavy (non-hydrogen) atoms. The Bertz CT molecular complexity index is 376. The van der Waals surface area contributed by atoms with Crippen LogP contribution >= 0.6 is 23.2 Å². The predicted octanol–water partition coefficient (Wildman–Crippen LogP) is 3.29. The summed E-state index contributed by atoms with van der Waals surface area (Å²) in [7, 11) is 0. The van der Waals surface area contributed by atoms with Gasteiger partial charge in [-0.2, -0.15) is 0 Å². The molecular formula is C12H15Cl2NO2. The molecule has 0 unspecified atom stereocenters. The number of carbonyl (C=O) groups is 1. The Morgan fingerprint density at radius 3 is 2.35 bits per heavy atom. The number of halogens is 2. The van der Waals surface area contributed by atoms with Crippen LogP contribution in [0.5, 0.6) is 0 Å². The molecule has 0 radical (unpaired) electrons. The van der Waals surface area contributed by atoms with Crippen molar-refractivity contribution in [3.63, 3.8) is 0 Å². The van der Waals surface area contributed by atoms with Gasteiger partial charge in [0.25, 0.3) is 0 Å². The topological polar surface area (TPSA) is 40.5 Å². The fraction of sp³-hybridized carbons (Fsp3) is 0.417. The van der Waals surface area contributed by atoms with Crippen molar-refractivity contribution in [2.75, 3.05) is 13.1 Å². The van der Waals surface area contributed by atoms with E-state index < -0.39 is 5.97 Å². The summed E-state index contributed by atoms with van der Waals surface area (Å²) < 4.78 is 0. The first-order valence-corrected chi connectivity index (χ1v) is 6.16. The summed E-state index contributed by atoms with van der Waals surface area (Å²) in [6.45, 7) is 3.31. The summed E-state index contributed by atoms with van der Waals surface area (Å²) in [5.41, 5.74) is 0.928. The largest absolute Gasteiger partial charge is 0.480 e. The highest BCUT2D eigenvalue weighted by Crippen LogP contribution is 2.20. The van der Waals surface area contributed by atoms with Gasteiger partial charge in [0.2, 0.25) is 0 Å². The van der Waals surface area contributed by atoms with Crippen LogP contribution in [0.2, 0.25) is 10.0 Å². The molecule has 0 aliphatic rings. The summed E-state index contributed by atoms with van der Waals surface area (Å²) in [6.07, 6.45) is 0.904. The van der Waals surface area contributed by atoms with Gasteiger partial charge >= 0.3 is 5.97 Å². The number of aliphatic carboxylic acids is 1. The van der Waals surface area contributed by atoms with Crippen molar-refractivity contribution in [3.8, 4) is 0 Å². The van der Waals surface area contributed by atoms with E-state index in [1.54, 1.807) is 18.2 Å². The Balaban J connectivity index is 2.74. The highest BCUT2D eigenvalue weighted by Gasteiger charge is 2.10. The molecule has 0 fully saturated rings. The fourth-order valence-corrected chi connectivity index (χ4v) is 2.25. The van der Waals surface area contributed by atoms with E-state index in [2.05, 4.69) is 0 Å². The number of benzene rings is 1. The van der Waals surface area contributed by atoms with Gasteiger partial charge in [0.05, 0.1) is 6.54 Å². The average molecular weight is 276 g/mol. The maximum Gasteiger partial charge on any atom is 0.317 e. The average Bonchev–Trinajstić information content (AvgIpc) is 2.14. The van der Waals surface area contributed by atoms with Crippen LogP contribution in [0.25, 0.3) is 0 Å². The zero-order chi connectivity index (χ0) is 12.8. The molecule has 0 aliphatic carbocycles. The molecule has 0 saturated carbocycles. The number of hydrogen-bond donors (Lipinski definition) is 1. The maximum atomic E-state index is 10.7. The molecule has 0 aliphatic heterocycles. The van der Waals surface area contributed by atoms with E-state index in [4.69, 9.17) is 28.3 Å². The van der Waals surface area contributed by atoms with E-state index in [1.165, 1.54) is 0 Å². The minimum Gasteiger partial charge on any atom is -0.480 e. The summed E-state index contributed by atoms with van der Waals surface area (Å²) in [5, 5.41) is 9.94. The van der Waals surface area contributed by atoms with Gasteiger partial charge in [-0.05, 0) is 36.7 Å². The van der Waals surface area contributed by atoms with Gasteiger partial charge in [-0.3, -0.25) is 9.69 Å². The monoisotopic (exact) mass is 275 g/mol. The van der Waals surface area contributed by atoms with Crippen LogP contribution in [-0.2, 0) is 11.3 Å². The highest BCUT2D eigenvalue weighted by atomic mass is 35.5. The standard InChI is InChI=1S/C12H15Cl2NO2/c1-2-3-15(8-12(16)17)7-9-4-10(13)6-11(14)5-9/h4-6H,2-3,7-8H2,1H3,(H,16,17). The van der Waals surface area contributed by atoms with Crippen molar-refractivity contribution in [3.05, 3.63) is 33.8 Å². The Kier molecular flexibility index (Phi) is 5.75. The Morgan fingerprint density at radius 2 is 1.88 bits per heavy atom. The smallest absolute Gasteiger partial charge is 0.317 e. The molecule has 0 amide bonds. The lowest BCUT2D eigenvalue weighted by atomic mass is 10.2. The first-order valence-electron chi connectivity index (χ1n) is 5.40. The first kappa shape index (κ1) is 14.3. The third kappa shape index (κ3) is 5.39. The fourth-order valence-electron chi connectivity index (χ4n) is 1.68. The number of rotatable bonds is 6. The normalized spacial score (nSPS) is 10.8. The highest BCUT2D eigenvalue weighted by molar-refractivity contribution is 6.34. The summed E-state index contributed by atoms with van der Waals surface area (Å²) >= 11 is 11.8. The summed E-state index contributed by atoms with van der Waals surface area (Å²) in [6, 6.07) is 5.27. The zero-order valence-electron chi connectivity index (χ0n) is 9.62. The van der Waals surface area contributed by atoms with Crippen LogP contribution in [0.4, 0.5) is 0 Å². The molecule has 1 N–H and O–H groups in total. The Hall–Kier alpha value is -0.770. The lowest BCUT2D eigenvalue weighted by Gasteiger charge is -2.19. The summed E-state index contributed by atoms with van der Waals surface area (Å²) in [4.78, 5) is 12.6. The maximum absolute atomic E-state index is 10.7. The van der Waals surface area contributed by atoms with Crippen LogP contribution in [0.1, 0.15) is 18.9 Å². The van der Waals surface area contributed by atoms with Crippen LogP contribution in [0.3, 0.4) is 0 Å². The molecule has 3 nitrogen and oxygen atoms in total. The minimum absolute atomic E-state index is 0.0258. The molecule has 0 spiro atoms. The van der Waals surface area contributed by atoms with Gasteiger partial charge in [-0.25, -0.2) is 0 Å². The second kappa shape index (κ2) is 6.84. The lowest BCUT2D eigenvalue weighted by Crippen LogP contribution is -2.30. The number of carboxylic acids is 1. The number of hydrogen-bond acceptors (Lipinski definition) is 2. The second-order valence-electron chi connectivity index (χ2n) is 3.88. The van der Waals surface area contributed by atoms with E-state index in [1.807, 2.05) is 11.8 Å². The van der Waals surface area contributed by atoms with Gasteiger partial charge in [0.1, 0.15) is 0 Å². The molecule has 1 aromatic carbocycles. The van der Waals surface area contributed by atoms with Crippen molar-refractivity contribution in [2.24, 2.45) is 0 Å². The molecule has 1 rings (SSSR count). The van der Waals surface area contributed by atoms with E-state index in [0.29, 0.717) is 16.6 Å². The Morgan fingerprint density at radius 1 is 1.29 bits per heavy atom. The van der Waals surface area contributed by atoms with E-state index in [9.17, 15) is 4.79 Å². The lowest BCUT2D eigenvalue weighted by molar-refractivity contribution is -0.138. The van der Waals surface area contributed by atoms with Crippen LogP contribution in [-0.4, -0.2) is 29.1 Å². The van der Waals surface area contributed by atoms with Crippen LogP contribution < -0.4 is 0 Å². The van der Waals surface area contributed by atoms with E-state index in [0.717, 1.165) is 18.5 Å². The second-order valence-corrected chi connectivity index (χ2v) is 4.75. The molecular weight excluding hydrogens is 261 g/mol. The molecule has 5 heteroatoms. The third-order valence-corrected chi connectivity index (χ3v) is 2.66. The molecule has 0 saturated heterocycles. The molecule has 0 heterocycles. The molecule has 0 bridgehead atoms. The minimum atomic E-state index is -0.827. The van der Waals surface area contributed by atoms with Crippen molar-refractivity contribution in [1.29, 1.82) is 0 Å². The number of nitrogens with zero attached hydrogens (tertiary/aromatic N) is 1. The predicted molar refractivity (Wildman–Crippen MR) is 69.7 cm³/mol. The molecule has 94 valence electrons. The number of carboxylic acid groups (broad SMARTS) is 1. The van der Waals surface area contributed by atoms with Crippen molar-refractivity contribution in [2.45, 2.75) is 19.9 Å². The van der Waals surface area contributed by atoms with Crippen LogP contribution in [0.15, 0.2) is 18.2 Å². The summed E-state index contributed by atoms with van der Waals surface area (Å²) in [5.74, 6) is -0.827. The van der Waals surface area contributed by atoms with Gasteiger partial charge in [0.15, 0.2) is 0 Å². The van der Waals surface area contributed by atoms with Crippen LogP contribution in [0, 0.1) is 0 Å². The SMILES string of the molecule is CCCN(CC(=O)O)Cc1cc(Cl)cc(Cl)c1.